The number of nitrogens with two attached hydrogens (primary N) is 1. The highest BCUT2D eigenvalue weighted by Gasteiger charge is 2.14. The first-order valence-electron chi connectivity index (χ1n) is 6.43. The normalized spacial score (nSPS) is 18.2. The van der Waals surface area contributed by atoms with Crippen molar-refractivity contribution in [3.8, 4) is 0 Å². The second-order valence-electron chi connectivity index (χ2n) is 4.94. The van der Waals surface area contributed by atoms with Crippen molar-refractivity contribution in [1.82, 2.24) is 9.88 Å². The average molecular weight is 234 g/mol. The Kier molecular flexibility index (Phi) is 4.20. The van der Waals surface area contributed by atoms with Gasteiger partial charge in [-0.05, 0) is 44.0 Å². The lowest BCUT2D eigenvalue weighted by atomic mass is 10.1. The van der Waals surface area contributed by atoms with E-state index in [1.807, 2.05) is 12.1 Å². The summed E-state index contributed by atoms with van der Waals surface area (Å²) in [5.41, 5.74) is 5.64. The Morgan fingerprint density at radius 3 is 2.88 bits per heavy atom. The van der Waals surface area contributed by atoms with Crippen LogP contribution in [0.4, 0.5) is 11.6 Å². The highest BCUT2D eigenvalue weighted by Crippen LogP contribution is 2.11. The number of nitrogens with one attached hydrogen (secondary N) is 1. The molecule has 0 aliphatic carbocycles. The molecule has 2 rings (SSSR count). The fourth-order valence-electron chi connectivity index (χ4n) is 2.30. The highest BCUT2D eigenvalue weighted by molar-refractivity contribution is 5.42. The number of pyridine rings is 1. The fourth-order valence-corrected chi connectivity index (χ4v) is 2.30. The summed E-state index contributed by atoms with van der Waals surface area (Å²) >= 11 is 0. The number of rotatable bonds is 5. The van der Waals surface area contributed by atoms with E-state index in [9.17, 15) is 0 Å². The summed E-state index contributed by atoms with van der Waals surface area (Å²) < 4.78 is 0. The lowest BCUT2D eigenvalue weighted by Crippen LogP contribution is -2.29. The molecule has 3 N–H and O–H groups in total. The van der Waals surface area contributed by atoms with Gasteiger partial charge in [-0.3, -0.25) is 0 Å². The van der Waals surface area contributed by atoms with Crippen molar-refractivity contribution >= 4 is 11.6 Å². The predicted molar refractivity (Wildman–Crippen MR) is 72.0 cm³/mol. The molecule has 1 atom stereocenters. The molecule has 1 fully saturated rings. The molecular formula is C13H22N4. The summed E-state index contributed by atoms with van der Waals surface area (Å²) in [5.74, 6) is 2.08. The van der Waals surface area contributed by atoms with Gasteiger partial charge in [-0.1, -0.05) is 13.0 Å². The molecule has 0 amide bonds. The first kappa shape index (κ1) is 12.2. The summed E-state index contributed by atoms with van der Waals surface area (Å²) in [6, 6.07) is 5.69. The van der Waals surface area contributed by atoms with Crippen molar-refractivity contribution < 1.29 is 0 Å². The molecule has 17 heavy (non-hydrogen) atoms. The molecule has 1 aliphatic rings. The van der Waals surface area contributed by atoms with Crippen molar-refractivity contribution in [2.75, 3.05) is 37.2 Å². The van der Waals surface area contributed by atoms with Gasteiger partial charge < -0.3 is 16.0 Å². The van der Waals surface area contributed by atoms with Crippen LogP contribution in [0.15, 0.2) is 18.2 Å². The fraction of sp³-hybridized carbons (Fsp3) is 0.615. The molecule has 1 aromatic rings. The van der Waals surface area contributed by atoms with Crippen LogP contribution in [-0.2, 0) is 0 Å². The first-order chi connectivity index (χ1) is 8.24. The van der Waals surface area contributed by atoms with Gasteiger partial charge in [-0.2, -0.15) is 0 Å². The van der Waals surface area contributed by atoms with Crippen LogP contribution < -0.4 is 11.1 Å². The minimum Gasteiger partial charge on any atom is -0.384 e. The molecule has 1 saturated heterocycles. The Hall–Kier alpha value is -1.29. The smallest absolute Gasteiger partial charge is 0.128 e. The Bertz CT molecular complexity index is 347. The number of nitrogen functional groups attached to an aromatic ring is 1. The molecule has 2 heterocycles. The molecule has 0 spiro atoms. The summed E-state index contributed by atoms with van der Waals surface area (Å²) in [5, 5.41) is 3.34. The van der Waals surface area contributed by atoms with Crippen molar-refractivity contribution in [3.05, 3.63) is 18.2 Å². The van der Waals surface area contributed by atoms with E-state index in [1.54, 1.807) is 6.07 Å². The van der Waals surface area contributed by atoms with Crippen LogP contribution in [0.25, 0.3) is 0 Å². The first-order valence-corrected chi connectivity index (χ1v) is 6.43. The van der Waals surface area contributed by atoms with Gasteiger partial charge in [-0.15, -0.1) is 0 Å². The molecule has 0 aromatic carbocycles. The molecule has 94 valence electrons. The topological polar surface area (TPSA) is 54.2 Å². The average Bonchev–Trinajstić information content (AvgIpc) is 2.79. The summed E-state index contributed by atoms with van der Waals surface area (Å²) in [4.78, 5) is 6.77. The highest BCUT2D eigenvalue weighted by atomic mass is 15.1. The van der Waals surface area contributed by atoms with Gasteiger partial charge in [0, 0.05) is 13.1 Å². The number of hydrogen-bond acceptors (Lipinski definition) is 4. The van der Waals surface area contributed by atoms with Crippen LogP contribution in [0.2, 0.25) is 0 Å². The predicted octanol–water partition coefficient (Wildman–Crippen LogP) is 1.81. The SMILES string of the molecule is CC(CNc1cccc(N)n1)CN1CCCC1. The number of anilines is 2. The van der Waals surface area contributed by atoms with Gasteiger partial charge in [0.15, 0.2) is 0 Å². The lowest BCUT2D eigenvalue weighted by molar-refractivity contribution is 0.294. The third-order valence-electron chi connectivity index (χ3n) is 3.17. The number of aromatic nitrogens is 1. The van der Waals surface area contributed by atoms with Gasteiger partial charge >= 0.3 is 0 Å². The van der Waals surface area contributed by atoms with Crippen molar-refractivity contribution in [2.24, 2.45) is 5.92 Å². The van der Waals surface area contributed by atoms with Crippen molar-refractivity contribution in [3.63, 3.8) is 0 Å². The Morgan fingerprint density at radius 2 is 2.18 bits per heavy atom. The minimum atomic E-state index is 0.571. The molecule has 1 aliphatic heterocycles. The Morgan fingerprint density at radius 1 is 1.41 bits per heavy atom. The number of nitrogens with zero attached hydrogens (tertiary/aromatic N) is 2. The van der Waals surface area contributed by atoms with Crippen LogP contribution in [-0.4, -0.2) is 36.1 Å². The maximum Gasteiger partial charge on any atom is 0.128 e. The number of hydrogen-bond donors (Lipinski definition) is 2. The van der Waals surface area contributed by atoms with E-state index in [-0.39, 0.29) is 0 Å². The second-order valence-corrected chi connectivity index (χ2v) is 4.94. The van der Waals surface area contributed by atoms with Crippen LogP contribution in [0.1, 0.15) is 19.8 Å². The van der Waals surface area contributed by atoms with E-state index >= 15 is 0 Å². The second kappa shape index (κ2) is 5.87. The van der Waals surface area contributed by atoms with E-state index in [2.05, 4.69) is 22.1 Å². The molecule has 0 saturated carbocycles. The third kappa shape index (κ3) is 3.89. The summed E-state index contributed by atoms with van der Waals surface area (Å²) in [6.45, 7) is 6.93. The van der Waals surface area contributed by atoms with E-state index in [0.717, 1.165) is 12.4 Å². The maximum atomic E-state index is 5.64. The van der Waals surface area contributed by atoms with Gasteiger partial charge in [-0.25, -0.2) is 4.98 Å². The van der Waals surface area contributed by atoms with Crippen LogP contribution in [0, 0.1) is 5.92 Å². The molecule has 0 bridgehead atoms. The molecule has 4 heteroatoms. The van der Waals surface area contributed by atoms with Gasteiger partial charge in [0.05, 0.1) is 0 Å². The molecule has 4 nitrogen and oxygen atoms in total. The van der Waals surface area contributed by atoms with E-state index in [1.165, 1.54) is 32.5 Å². The van der Waals surface area contributed by atoms with E-state index < -0.39 is 0 Å². The largest absolute Gasteiger partial charge is 0.384 e. The van der Waals surface area contributed by atoms with Gasteiger partial charge in [0.25, 0.3) is 0 Å². The van der Waals surface area contributed by atoms with Crippen LogP contribution in [0.3, 0.4) is 0 Å². The zero-order chi connectivity index (χ0) is 12.1. The monoisotopic (exact) mass is 234 g/mol. The molecule has 1 unspecified atom stereocenters. The van der Waals surface area contributed by atoms with E-state index in [4.69, 9.17) is 5.73 Å². The standard InChI is InChI=1S/C13H22N4/c1-11(10-17-7-2-3-8-17)9-15-13-6-4-5-12(14)16-13/h4-6,11H,2-3,7-10H2,1H3,(H3,14,15,16). The molecular weight excluding hydrogens is 212 g/mol. The summed E-state index contributed by atoms with van der Waals surface area (Å²) in [7, 11) is 0. The van der Waals surface area contributed by atoms with Crippen LogP contribution >= 0.6 is 0 Å². The molecule has 0 radical (unpaired) electrons. The van der Waals surface area contributed by atoms with Crippen LogP contribution in [0.5, 0.6) is 0 Å². The van der Waals surface area contributed by atoms with Gasteiger partial charge in [0.1, 0.15) is 11.6 Å². The zero-order valence-electron chi connectivity index (χ0n) is 10.5. The maximum absolute atomic E-state index is 5.64. The van der Waals surface area contributed by atoms with Crippen molar-refractivity contribution in [2.45, 2.75) is 19.8 Å². The summed E-state index contributed by atoms with van der Waals surface area (Å²) in [6.07, 6.45) is 2.72. The zero-order valence-corrected chi connectivity index (χ0v) is 10.5. The Balaban J connectivity index is 1.73. The Labute approximate surface area is 103 Å². The lowest BCUT2D eigenvalue weighted by Gasteiger charge is -2.20. The molecule has 1 aromatic heterocycles. The van der Waals surface area contributed by atoms with Gasteiger partial charge in [0.2, 0.25) is 0 Å². The minimum absolute atomic E-state index is 0.571. The van der Waals surface area contributed by atoms with E-state index in [0.29, 0.717) is 11.7 Å². The third-order valence-corrected chi connectivity index (χ3v) is 3.17. The number of likely N-dealkylation sites (tertiary alicyclic amines) is 1. The quantitative estimate of drug-likeness (QED) is 0.816. The van der Waals surface area contributed by atoms with Crippen molar-refractivity contribution in [1.29, 1.82) is 0 Å².